The predicted octanol–water partition coefficient (Wildman–Crippen LogP) is 0.620. The highest BCUT2D eigenvalue weighted by Crippen LogP contribution is 2.12. The van der Waals surface area contributed by atoms with E-state index in [9.17, 15) is 9.59 Å². The van der Waals surface area contributed by atoms with Crippen LogP contribution in [0.1, 0.15) is 26.2 Å². The van der Waals surface area contributed by atoms with Gasteiger partial charge in [-0.25, -0.2) is 0 Å². The number of carbonyl (C=O) groups is 2. The summed E-state index contributed by atoms with van der Waals surface area (Å²) in [5.41, 5.74) is 0. The Morgan fingerprint density at radius 3 is 2.47 bits per heavy atom. The van der Waals surface area contributed by atoms with Gasteiger partial charge in [0, 0.05) is 20.2 Å². The van der Waals surface area contributed by atoms with E-state index in [-0.39, 0.29) is 12.2 Å². The lowest BCUT2D eigenvalue weighted by molar-refractivity contribution is -0.145. The minimum atomic E-state index is -0.427. The monoisotopic (exact) mass is 243 g/mol. The molecule has 1 aliphatic rings. The summed E-state index contributed by atoms with van der Waals surface area (Å²) in [7, 11) is 1.71. The first kappa shape index (κ1) is 14.1. The zero-order valence-electron chi connectivity index (χ0n) is 10.6. The Balaban J connectivity index is 2.21. The molecule has 0 spiro atoms. The molecule has 1 heterocycles. The van der Waals surface area contributed by atoms with Crippen LogP contribution in [0.25, 0.3) is 0 Å². The van der Waals surface area contributed by atoms with Gasteiger partial charge in [-0.05, 0) is 19.8 Å². The molecule has 1 fully saturated rings. The molecular formula is C12H21NO4. The largest absolute Gasteiger partial charge is 0.466 e. The molecule has 0 aliphatic carbocycles. The van der Waals surface area contributed by atoms with Crippen LogP contribution < -0.4 is 0 Å². The fourth-order valence-electron chi connectivity index (χ4n) is 1.98. The van der Waals surface area contributed by atoms with Gasteiger partial charge in [0.25, 0.3) is 0 Å². The summed E-state index contributed by atoms with van der Waals surface area (Å²) < 4.78 is 9.99. The fourth-order valence-corrected chi connectivity index (χ4v) is 1.98. The van der Waals surface area contributed by atoms with E-state index >= 15 is 0 Å². The van der Waals surface area contributed by atoms with Crippen molar-refractivity contribution >= 4 is 11.8 Å². The van der Waals surface area contributed by atoms with E-state index < -0.39 is 5.97 Å². The van der Waals surface area contributed by atoms with Gasteiger partial charge in [0.15, 0.2) is 5.78 Å². The van der Waals surface area contributed by atoms with Crippen LogP contribution >= 0.6 is 0 Å². The minimum Gasteiger partial charge on any atom is -0.466 e. The Hall–Kier alpha value is -0.940. The Morgan fingerprint density at radius 1 is 1.29 bits per heavy atom. The average molecular weight is 243 g/mol. The van der Waals surface area contributed by atoms with Crippen LogP contribution in [0.15, 0.2) is 0 Å². The van der Waals surface area contributed by atoms with Crippen molar-refractivity contribution in [3.63, 3.8) is 0 Å². The number of hydrogen-bond acceptors (Lipinski definition) is 5. The molecule has 0 bridgehead atoms. The molecule has 1 rings (SSSR count). The molecule has 98 valence electrons. The van der Waals surface area contributed by atoms with E-state index in [2.05, 4.69) is 4.90 Å². The lowest BCUT2D eigenvalue weighted by Gasteiger charge is -2.30. The highest BCUT2D eigenvalue weighted by molar-refractivity contribution is 5.96. The second-order valence-corrected chi connectivity index (χ2v) is 4.23. The molecule has 0 N–H and O–H groups in total. The van der Waals surface area contributed by atoms with Crippen LogP contribution in [0.4, 0.5) is 0 Å². The van der Waals surface area contributed by atoms with Gasteiger partial charge < -0.3 is 9.47 Å². The van der Waals surface area contributed by atoms with Crippen LogP contribution in [0, 0.1) is 0 Å². The Labute approximate surface area is 102 Å². The highest BCUT2D eigenvalue weighted by Gasteiger charge is 2.21. The second-order valence-electron chi connectivity index (χ2n) is 4.23. The SMILES string of the molecule is CCOC(=O)CC(=O)CN1CCC(OC)CC1. The summed E-state index contributed by atoms with van der Waals surface area (Å²) in [6.07, 6.45) is 2.09. The summed E-state index contributed by atoms with van der Waals surface area (Å²) in [6, 6.07) is 0. The normalized spacial score (nSPS) is 18.0. The van der Waals surface area contributed by atoms with Gasteiger partial charge in [0.1, 0.15) is 6.42 Å². The second kappa shape index (κ2) is 7.40. The summed E-state index contributed by atoms with van der Waals surface area (Å²) in [6.45, 7) is 4.11. The van der Waals surface area contributed by atoms with Gasteiger partial charge in [-0.15, -0.1) is 0 Å². The van der Waals surface area contributed by atoms with Crippen molar-refractivity contribution in [2.75, 3.05) is 33.4 Å². The maximum absolute atomic E-state index is 11.6. The Bertz CT molecular complexity index is 259. The first-order valence-corrected chi connectivity index (χ1v) is 6.08. The van der Waals surface area contributed by atoms with Crippen molar-refractivity contribution in [2.24, 2.45) is 0 Å². The van der Waals surface area contributed by atoms with Crippen molar-refractivity contribution in [3.05, 3.63) is 0 Å². The predicted molar refractivity (Wildman–Crippen MR) is 62.7 cm³/mol. The molecule has 5 heteroatoms. The molecule has 0 saturated carbocycles. The van der Waals surface area contributed by atoms with Crippen molar-refractivity contribution in [1.29, 1.82) is 0 Å². The summed E-state index contributed by atoms with van der Waals surface area (Å²) in [5, 5.41) is 0. The maximum Gasteiger partial charge on any atom is 0.313 e. The summed E-state index contributed by atoms with van der Waals surface area (Å²) in [4.78, 5) is 24.8. The quantitative estimate of drug-likeness (QED) is 0.505. The first-order chi connectivity index (χ1) is 8.15. The third-order valence-corrected chi connectivity index (χ3v) is 2.91. The standard InChI is InChI=1S/C12H21NO4/c1-3-17-12(15)8-10(14)9-13-6-4-11(16-2)5-7-13/h11H,3-9H2,1-2H3. The van der Waals surface area contributed by atoms with Crippen molar-refractivity contribution in [1.82, 2.24) is 4.90 Å². The smallest absolute Gasteiger partial charge is 0.313 e. The van der Waals surface area contributed by atoms with Gasteiger partial charge in [-0.2, -0.15) is 0 Å². The number of carbonyl (C=O) groups excluding carboxylic acids is 2. The van der Waals surface area contributed by atoms with Crippen LogP contribution in [-0.4, -0.2) is 56.1 Å². The van der Waals surface area contributed by atoms with E-state index in [1.54, 1.807) is 14.0 Å². The number of rotatable bonds is 6. The molecule has 1 saturated heterocycles. The van der Waals surface area contributed by atoms with Gasteiger partial charge in [-0.3, -0.25) is 14.5 Å². The topological polar surface area (TPSA) is 55.8 Å². The maximum atomic E-state index is 11.6. The van der Waals surface area contributed by atoms with E-state index in [0.29, 0.717) is 19.3 Å². The number of esters is 1. The van der Waals surface area contributed by atoms with E-state index in [0.717, 1.165) is 25.9 Å². The molecule has 0 radical (unpaired) electrons. The number of methoxy groups -OCH3 is 1. The fraction of sp³-hybridized carbons (Fsp3) is 0.833. The Kier molecular flexibility index (Phi) is 6.15. The number of piperidine rings is 1. The van der Waals surface area contributed by atoms with Crippen molar-refractivity contribution in [2.45, 2.75) is 32.3 Å². The molecule has 0 unspecified atom stereocenters. The number of nitrogens with zero attached hydrogens (tertiary/aromatic N) is 1. The zero-order chi connectivity index (χ0) is 12.7. The number of hydrogen-bond donors (Lipinski definition) is 0. The van der Waals surface area contributed by atoms with E-state index in [4.69, 9.17) is 9.47 Å². The molecular weight excluding hydrogens is 222 g/mol. The molecule has 5 nitrogen and oxygen atoms in total. The zero-order valence-corrected chi connectivity index (χ0v) is 10.6. The lowest BCUT2D eigenvalue weighted by Crippen LogP contribution is -2.40. The number of ketones is 1. The minimum absolute atomic E-state index is 0.0701. The van der Waals surface area contributed by atoms with Crippen LogP contribution in [0.3, 0.4) is 0 Å². The van der Waals surface area contributed by atoms with Crippen LogP contribution in [0.5, 0.6) is 0 Å². The molecule has 0 aromatic carbocycles. The molecule has 1 aliphatic heterocycles. The third kappa shape index (κ3) is 5.28. The third-order valence-electron chi connectivity index (χ3n) is 2.91. The van der Waals surface area contributed by atoms with Gasteiger partial charge >= 0.3 is 5.97 Å². The number of likely N-dealkylation sites (tertiary alicyclic amines) is 1. The molecule has 17 heavy (non-hydrogen) atoms. The van der Waals surface area contributed by atoms with Crippen molar-refractivity contribution < 1.29 is 19.1 Å². The van der Waals surface area contributed by atoms with Gasteiger partial charge in [0.05, 0.1) is 19.3 Å². The number of Topliss-reactive ketones (excluding diaryl/α,β-unsaturated/α-hetero) is 1. The molecule has 0 atom stereocenters. The van der Waals surface area contributed by atoms with Gasteiger partial charge in [0.2, 0.25) is 0 Å². The van der Waals surface area contributed by atoms with Crippen molar-refractivity contribution in [3.8, 4) is 0 Å². The van der Waals surface area contributed by atoms with Gasteiger partial charge in [-0.1, -0.05) is 0 Å². The van der Waals surface area contributed by atoms with Crippen LogP contribution in [0.2, 0.25) is 0 Å². The van der Waals surface area contributed by atoms with E-state index in [1.807, 2.05) is 0 Å². The summed E-state index contributed by atoms with van der Waals surface area (Å²) >= 11 is 0. The molecule has 0 aromatic heterocycles. The first-order valence-electron chi connectivity index (χ1n) is 6.08. The lowest BCUT2D eigenvalue weighted by atomic mass is 10.1. The van der Waals surface area contributed by atoms with Crippen LogP contribution in [-0.2, 0) is 19.1 Å². The highest BCUT2D eigenvalue weighted by atomic mass is 16.5. The number of ether oxygens (including phenoxy) is 2. The Morgan fingerprint density at radius 2 is 1.94 bits per heavy atom. The summed E-state index contributed by atoms with van der Waals surface area (Å²) in [5.74, 6) is -0.497. The average Bonchev–Trinajstić information content (AvgIpc) is 2.30. The molecule has 0 aromatic rings. The molecule has 0 amide bonds. The van der Waals surface area contributed by atoms with E-state index in [1.165, 1.54) is 0 Å².